The second kappa shape index (κ2) is 4.65. The van der Waals surface area contributed by atoms with Crippen LogP contribution >= 0.6 is 15.9 Å². The molecule has 1 N–H and O–H groups in total. The third-order valence-corrected chi connectivity index (χ3v) is 4.88. The Hall–Kier alpha value is -1.23. The van der Waals surface area contributed by atoms with E-state index < -0.39 is 11.4 Å². The van der Waals surface area contributed by atoms with Crippen LogP contribution in [0.4, 0.5) is 0 Å². The van der Waals surface area contributed by atoms with E-state index in [-0.39, 0.29) is 0 Å². The minimum absolute atomic E-state index is 0.462. The van der Waals surface area contributed by atoms with Crippen LogP contribution < -0.4 is 9.47 Å². The molecule has 0 unspecified atom stereocenters. The molecule has 0 saturated carbocycles. The molecule has 0 spiro atoms. The van der Waals surface area contributed by atoms with Crippen LogP contribution in [0.2, 0.25) is 0 Å². The number of carbonyl (C=O) groups is 1. The maximum absolute atomic E-state index is 11.4. The van der Waals surface area contributed by atoms with Crippen molar-refractivity contribution in [1.29, 1.82) is 0 Å². The minimum Gasteiger partial charge on any atom is -0.493 e. The number of carboxylic acids is 1. The lowest BCUT2D eigenvalue weighted by Gasteiger charge is -2.23. The first kappa shape index (κ1) is 13.7. The van der Waals surface area contributed by atoms with E-state index in [0.29, 0.717) is 19.6 Å². The van der Waals surface area contributed by atoms with Crippen LogP contribution in [0.25, 0.3) is 0 Å². The number of rotatable bonds is 3. The topological polar surface area (TPSA) is 55.8 Å². The van der Waals surface area contributed by atoms with E-state index in [1.54, 1.807) is 13.8 Å². The van der Waals surface area contributed by atoms with Gasteiger partial charge in [0.05, 0.1) is 23.1 Å². The molecule has 0 atom stereocenters. The number of aliphatic carboxylic acids is 1. The predicted molar refractivity (Wildman–Crippen MR) is 77.7 cm³/mol. The maximum Gasteiger partial charge on any atom is 0.309 e. The van der Waals surface area contributed by atoms with Gasteiger partial charge in [-0.25, -0.2) is 0 Å². The highest BCUT2D eigenvalue weighted by molar-refractivity contribution is 9.10. The lowest BCUT2D eigenvalue weighted by Crippen LogP contribution is -2.27. The van der Waals surface area contributed by atoms with Gasteiger partial charge in [0.15, 0.2) is 0 Å². The third kappa shape index (κ3) is 1.99. The first-order valence-corrected chi connectivity index (χ1v) is 7.56. The number of ether oxygens (including phenoxy) is 2. The summed E-state index contributed by atoms with van der Waals surface area (Å²) in [6, 6.07) is 0. The van der Waals surface area contributed by atoms with Crippen LogP contribution in [0.15, 0.2) is 4.47 Å². The summed E-state index contributed by atoms with van der Waals surface area (Å²) in [4.78, 5) is 11.4. The molecular formula is C15H17BrO4. The standard InChI is InChI=1S/C15H17BrO4/c1-15(2,14(17)18)7-10-8-3-5-20-13(8)11(16)9-4-6-19-12(9)10/h3-7H2,1-2H3,(H,17,18). The van der Waals surface area contributed by atoms with Crippen molar-refractivity contribution >= 4 is 21.9 Å². The Morgan fingerprint density at radius 2 is 1.80 bits per heavy atom. The second-order valence-electron chi connectivity index (χ2n) is 5.97. The second-order valence-corrected chi connectivity index (χ2v) is 6.76. The van der Waals surface area contributed by atoms with Crippen LogP contribution in [0.5, 0.6) is 11.5 Å². The van der Waals surface area contributed by atoms with E-state index in [1.165, 1.54) is 0 Å². The molecule has 20 heavy (non-hydrogen) atoms. The molecule has 0 amide bonds. The van der Waals surface area contributed by atoms with Crippen molar-refractivity contribution < 1.29 is 19.4 Å². The van der Waals surface area contributed by atoms with Crippen LogP contribution in [0.3, 0.4) is 0 Å². The predicted octanol–water partition coefficient (Wildman–Crippen LogP) is 2.97. The molecule has 0 bridgehead atoms. The lowest BCUT2D eigenvalue weighted by atomic mass is 9.82. The van der Waals surface area contributed by atoms with Crippen LogP contribution in [0.1, 0.15) is 30.5 Å². The Morgan fingerprint density at radius 1 is 1.20 bits per heavy atom. The van der Waals surface area contributed by atoms with Gasteiger partial charge < -0.3 is 14.6 Å². The zero-order valence-corrected chi connectivity index (χ0v) is 13.2. The van der Waals surface area contributed by atoms with Gasteiger partial charge in [-0.05, 0) is 36.2 Å². The van der Waals surface area contributed by atoms with Crippen molar-refractivity contribution in [3.63, 3.8) is 0 Å². The number of hydrogen-bond donors (Lipinski definition) is 1. The Labute approximate surface area is 126 Å². The molecule has 0 aliphatic carbocycles. The van der Waals surface area contributed by atoms with Gasteiger partial charge in [0.2, 0.25) is 0 Å². The van der Waals surface area contributed by atoms with E-state index in [0.717, 1.165) is 45.5 Å². The summed E-state index contributed by atoms with van der Waals surface area (Å²) in [5.41, 5.74) is 2.42. The fraction of sp³-hybridized carbons (Fsp3) is 0.533. The van der Waals surface area contributed by atoms with E-state index in [4.69, 9.17) is 9.47 Å². The van der Waals surface area contributed by atoms with Crippen molar-refractivity contribution in [3.8, 4) is 11.5 Å². The van der Waals surface area contributed by atoms with Crippen molar-refractivity contribution in [2.75, 3.05) is 13.2 Å². The Kier molecular flexibility index (Phi) is 3.20. The third-order valence-electron chi connectivity index (χ3n) is 4.05. The SMILES string of the molecule is CC(C)(Cc1c2c(c(Br)c3c1OCC3)OCC2)C(=O)O. The molecule has 108 valence electrons. The first-order chi connectivity index (χ1) is 9.42. The molecular weight excluding hydrogens is 324 g/mol. The zero-order valence-electron chi connectivity index (χ0n) is 11.6. The van der Waals surface area contributed by atoms with Gasteiger partial charge >= 0.3 is 5.97 Å². The van der Waals surface area contributed by atoms with Crippen LogP contribution in [0, 0.1) is 5.41 Å². The van der Waals surface area contributed by atoms with E-state index in [9.17, 15) is 9.90 Å². The van der Waals surface area contributed by atoms with Gasteiger partial charge in [-0.2, -0.15) is 0 Å². The molecule has 0 saturated heterocycles. The first-order valence-electron chi connectivity index (χ1n) is 6.77. The van der Waals surface area contributed by atoms with Crippen LogP contribution in [-0.2, 0) is 24.1 Å². The zero-order chi connectivity index (χ0) is 14.5. The van der Waals surface area contributed by atoms with Gasteiger partial charge in [0.25, 0.3) is 0 Å². The molecule has 0 radical (unpaired) electrons. The molecule has 3 rings (SSSR count). The molecule has 0 fully saturated rings. The molecule has 5 heteroatoms. The van der Waals surface area contributed by atoms with Gasteiger partial charge in [0, 0.05) is 29.5 Å². The quantitative estimate of drug-likeness (QED) is 0.918. The number of carboxylic acid groups (broad SMARTS) is 1. The largest absolute Gasteiger partial charge is 0.493 e. The number of benzene rings is 1. The summed E-state index contributed by atoms with van der Waals surface area (Å²) in [5, 5.41) is 9.37. The highest BCUT2D eigenvalue weighted by Crippen LogP contribution is 2.48. The fourth-order valence-corrected chi connectivity index (χ4v) is 3.58. The molecule has 4 nitrogen and oxygen atoms in total. The van der Waals surface area contributed by atoms with Crippen molar-refractivity contribution in [2.45, 2.75) is 33.1 Å². The highest BCUT2D eigenvalue weighted by atomic mass is 79.9. The van der Waals surface area contributed by atoms with Crippen molar-refractivity contribution in [1.82, 2.24) is 0 Å². The summed E-state index contributed by atoms with van der Waals surface area (Å²) in [7, 11) is 0. The summed E-state index contributed by atoms with van der Waals surface area (Å²) in [6.45, 7) is 4.80. The normalized spacial score (nSPS) is 16.4. The maximum atomic E-state index is 11.4. The van der Waals surface area contributed by atoms with E-state index >= 15 is 0 Å². The summed E-state index contributed by atoms with van der Waals surface area (Å²) >= 11 is 3.60. The van der Waals surface area contributed by atoms with Crippen molar-refractivity contribution in [3.05, 3.63) is 21.2 Å². The van der Waals surface area contributed by atoms with Gasteiger partial charge in [-0.15, -0.1) is 0 Å². The Morgan fingerprint density at radius 3 is 2.45 bits per heavy atom. The molecule has 1 aromatic carbocycles. The molecule has 2 heterocycles. The Bertz CT molecular complexity index is 557. The monoisotopic (exact) mass is 340 g/mol. The van der Waals surface area contributed by atoms with Gasteiger partial charge in [-0.1, -0.05) is 0 Å². The molecule has 1 aromatic rings. The minimum atomic E-state index is -0.816. The number of halogens is 1. The van der Waals surface area contributed by atoms with E-state index in [2.05, 4.69) is 15.9 Å². The average molecular weight is 341 g/mol. The Balaban J connectivity index is 2.14. The molecule has 2 aliphatic rings. The number of hydrogen-bond acceptors (Lipinski definition) is 3. The van der Waals surface area contributed by atoms with Gasteiger partial charge in [0.1, 0.15) is 11.5 Å². The van der Waals surface area contributed by atoms with Gasteiger partial charge in [-0.3, -0.25) is 4.79 Å². The van der Waals surface area contributed by atoms with E-state index in [1.807, 2.05) is 0 Å². The smallest absolute Gasteiger partial charge is 0.309 e. The summed E-state index contributed by atoms with van der Waals surface area (Å²) in [5.74, 6) is 0.959. The van der Waals surface area contributed by atoms with Crippen LogP contribution in [-0.4, -0.2) is 24.3 Å². The molecule has 0 aromatic heterocycles. The fourth-order valence-electron chi connectivity index (χ4n) is 2.85. The molecule has 2 aliphatic heterocycles. The lowest BCUT2D eigenvalue weighted by molar-refractivity contribution is -0.146. The highest BCUT2D eigenvalue weighted by Gasteiger charge is 2.35. The summed E-state index contributed by atoms with van der Waals surface area (Å²) in [6.07, 6.45) is 2.12. The summed E-state index contributed by atoms with van der Waals surface area (Å²) < 4.78 is 12.5. The number of fused-ring (bicyclic) bond motifs is 2. The average Bonchev–Trinajstić information content (AvgIpc) is 3.03. The van der Waals surface area contributed by atoms with Crippen molar-refractivity contribution in [2.24, 2.45) is 5.41 Å².